The Morgan fingerprint density at radius 1 is 1.13 bits per heavy atom. The van der Waals surface area contributed by atoms with Gasteiger partial charge in [-0.3, -0.25) is 4.79 Å². The van der Waals surface area contributed by atoms with E-state index in [2.05, 4.69) is 17.4 Å². The number of carbonyl (C=O) groups excluding carboxylic acids is 1. The van der Waals surface area contributed by atoms with Crippen molar-refractivity contribution in [2.75, 3.05) is 19.7 Å². The van der Waals surface area contributed by atoms with Crippen LogP contribution in [0.2, 0.25) is 5.02 Å². The highest BCUT2D eigenvalue weighted by Crippen LogP contribution is 2.29. The number of nitrogens with zero attached hydrogens (tertiary/aromatic N) is 1. The number of hydrogen-bond acceptors (Lipinski definition) is 4. The van der Waals surface area contributed by atoms with Crippen LogP contribution < -0.4 is 10.1 Å². The molecule has 2 aromatic rings. The summed E-state index contributed by atoms with van der Waals surface area (Å²) in [6, 6.07) is 14.4. The smallest absolute Gasteiger partial charge is 0.258 e. The van der Waals surface area contributed by atoms with E-state index in [1.54, 1.807) is 19.9 Å². The molecule has 0 heterocycles. The highest BCUT2D eigenvalue weighted by molar-refractivity contribution is 7.89. The minimum atomic E-state index is -3.77. The number of carbonyl (C=O) groups is 1. The molecule has 0 spiro atoms. The summed E-state index contributed by atoms with van der Waals surface area (Å²) in [5.74, 6) is -0.199. The van der Waals surface area contributed by atoms with E-state index in [9.17, 15) is 13.2 Å². The van der Waals surface area contributed by atoms with Gasteiger partial charge in [0.25, 0.3) is 5.91 Å². The molecule has 1 amide bonds. The van der Waals surface area contributed by atoms with Crippen molar-refractivity contribution in [3.63, 3.8) is 0 Å². The lowest BCUT2D eigenvalue weighted by Gasteiger charge is -2.21. The second kappa shape index (κ2) is 11.3. The maximum atomic E-state index is 12.9. The van der Waals surface area contributed by atoms with Crippen LogP contribution in [-0.4, -0.2) is 44.4 Å². The number of hydrogen-bond donors (Lipinski definition) is 1. The van der Waals surface area contributed by atoms with E-state index >= 15 is 0 Å². The number of halogens is 1. The molecule has 8 heteroatoms. The zero-order valence-corrected chi connectivity index (χ0v) is 19.2. The molecular weight excluding hydrogens is 424 g/mol. The van der Waals surface area contributed by atoms with Gasteiger partial charge in [-0.2, -0.15) is 4.31 Å². The number of amides is 1. The summed E-state index contributed by atoms with van der Waals surface area (Å²) < 4.78 is 32.7. The Morgan fingerprint density at radius 2 is 1.80 bits per heavy atom. The fraction of sp³-hybridized carbons (Fsp3) is 0.409. The summed E-state index contributed by atoms with van der Waals surface area (Å²) in [5, 5.41) is 3.17. The fourth-order valence-electron chi connectivity index (χ4n) is 3.07. The predicted octanol–water partition coefficient (Wildman–Crippen LogP) is 3.89. The molecule has 0 aromatic heterocycles. The molecule has 0 saturated heterocycles. The van der Waals surface area contributed by atoms with Gasteiger partial charge in [0.2, 0.25) is 10.0 Å². The number of rotatable bonds is 11. The first kappa shape index (κ1) is 24.2. The van der Waals surface area contributed by atoms with Crippen LogP contribution in [0, 0.1) is 0 Å². The highest BCUT2D eigenvalue weighted by atomic mass is 35.5. The Hall–Kier alpha value is -2.09. The molecular formula is C22H29ClN2O4S. The maximum Gasteiger partial charge on any atom is 0.258 e. The molecule has 0 aliphatic carbocycles. The largest absolute Gasteiger partial charge is 0.482 e. The van der Waals surface area contributed by atoms with Crippen molar-refractivity contribution in [2.45, 2.75) is 44.6 Å². The van der Waals surface area contributed by atoms with Crippen LogP contribution in [0.1, 0.15) is 32.8 Å². The van der Waals surface area contributed by atoms with Gasteiger partial charge in [-0.15, -0.1) is 0 Å². The van der Waals surface area contributed by atoms with E-state index in [0.717, 1.165) is 12.8 Å². The first-order valence-corrected chi connectivity index (χ1v) is 11.9. The maximum absolute atomic E-state index is 12.9. The van der Waals surface area contributed by atoms with Crippen LogP contribution >= 0.6 is 11.6 Å². The SMILES string of the molecule is CCN(CC)S(=O)(=O)c1cc(Cl)ccc1OCC(=O)N[C@H](C)CCc1ccccc1. The molecule has 30 heavy (non-hydrogen) atoms. The van der Waals surface area contributed by atoms with Crippen LogP contribution in [0.15, 0.2) is 53.4 Å². The number of benzene rings is 2. The zero-order chi connectivity index (χ0) is 22.1. The van der Waals surface area contributed by atoms with Gasteiger partial charge in [-0.05, 0) is 43.5 Å². The number of aryl methyl sites for hydroxylation is 1. The van der Waals surface area contributed by atoms with E-state index in [4.69, 9.17) is 16.3 Å². The minimum Gasteiger partial charge on any atom is -0.482 e. The summed E-state index contributed by atoms with van der Waals surface area (Å²) in [4.78, 5) is 12.3. The van der Waals surface area contributed by atoms with Crippen molar-refractivity contribution in [2.24, 2.45) is 0 Å². The van der Waals surface area contributed by atoms with E-state index < -0.39 is 10.0 Å². The number of nitrogens with one attached hydrogen (secondary N) is 1. The molecule has 0 unspecified atom stereocenters. The van der Waals surface area contributed by atoms with E-state index in [0.29, 0.717) is 13.1 Å². The Labute approximate surface area is 184 Å². The lowest BCUT2D eigenvalue weighted by molar-refractivity contribution is -0.123. The third-order valence-electron chi connectivity index (χ3n) is 4.70. The Balaban J connectivity index is 1.99. The summed E-state index contributed by atoms with van der Waals surface area (Å²) in [6.45, 7) is 5.82. The topological polar surface area (TPSA) is 75.7 Å². The van der Waals surface area contributed by atoms with Crippen LogP contribution in [0.4, 0.5) is 0 Å². The second-order valence-corrected chi connectivity index (χ2v) is 9.30. The lowest BCUT2D eigenvalue weighted by atomic mass is 10.1. The first-order valence-electron chi connectivity index (χ1n) is 10.0. The van der Waals surface area contributed by atoms with Gasteiger partial charge in [-0.1, -0.05) is 55.8 Å². The van der Waals surface area contributed by atoms with E-state index in [-0.39, 0.29) is 34.2 Å². The average molecular weight is 453 g/mol. The molecule has 0 fully saturated rings. The third kappa shape index (κ3) is 6.72. The van der Waals surface area contributed by atoms with Gasteiger partial charge in [0.05, 0.1) is 0 Å². The van der Waals surface area contributed by atoms with Gasteiger partial charge in [0, 0.05) is 24.2 Å². The minimum absolute atomic E-state index is 0.0367. The molecule has 0 saturated carbocycles. The van der Waals surface area contributed by atoms with Gasteiger partial charge in [-0.25, -0.2) is 8.42 Å². The van der Waals surface area contributed by atoms with Gasteiger partial charge < -0.3 is 10.1 Å². The molecule has 0 aliphatic rings. The Bertz CT molecular complexity index is 931. The van der Waals surface area contributed by atoms with Crippen LogP contribution in [0.25, 0.3) is 0 Å². The Kier molecular flexibility index (Phi) is 9.14. The molecule has 0 aliphatic heterocycles. The van der Waals surface area contributed by atoms with Crippen molar-refractivity contribution in [3.8, 4) is 5.75 Å². The fourth-order valence-corrected chi connectivity index (χ4v) is 4.92. The normalized spacial score (nSPS) is 12.6. The molecule has 6 nitrogen and oxygen atoms in total. The van der Waals surface area contributed by atoms with Gasteiger partial charge >= 0.3 is 0 Å². The number of ether oxygens (including phenoxy) is 1. The summed E-state index contributed by atoms with van der Waals surface area (Å²) >= 11 is 6.01. The van der Waals surface area contributed by atoms with Crippen LogP contribution in [-0.2, 0) is 21.2 Å². The molecule has 1 atom stereocenters. The van der Waals surface area contributed by atoms with Crippen LogP contribution in [0.5, 0.6) is 5.75 Å². The number of sulfonamides is 1. The molecule has 164 valence electrons. The highest BCUT2D eigenvalue weighted by Gasteiger charge is 2.26. The molecule has 2 aromatic carbocycles. The quantitative estimate of drug-likeness (QED) is 0.561. The third-order valence-corrected chi connectivity index (χ3v) is 7.01. The first-order chi connectivity index (χ1) is 14.3. The van der Waals surface area contributed by atoms with Gasteiger partial charge in [0.15, 0.2) is 6.61 Å². The monoisotopic (exact) mass is 452 g/mol. The molecule has 0 radical (unpaired) electrons. The Morgan fingerprint density at radius 3 is 2.43 bits per heavy atom. The van der Waals surface area contributed by atoms with Crippen LogP contribution in [0.3, 0.4) is 0 Å². The summed E-state index contributed by atoms with van der Waals surface area (Å²) in [5.41, 5.74) is 1.21. The summed E-state index contributed by atoms with van der Waals surface area (Å²) in [6.07, 6.45) is 1.64. The zero-order valence-electron chi connectivity index (χ0n) is 17.6. The molecule has 0 bridgehead atoms. The van der Waals surface area contributed by atoms with E-state index in [1.165, 1.54) is 22.0 Å². The van der Waals surface area contributed by atoms with Crippen molar-refractivity contribution >= 4 is 27.5 Å². The summed E-state index contributed by atoms with van der Waals surface area (Å²) in [7, 11) is -3.77. The lowest BCUT2D eigenvalue weighted by Crippen LogP contribution is -2.36. The van der Waals surface area contributed by atoms with E-state index in [1.807, 2.05) is 25.1 Å². The van der Waals surface area contributed by atoms with Crippen molar-refractivity contribution < 1.29 is 17.9 Å². The second-order valence-electron chi connectivity index (χ2n) is 6.96. The van der Waals surface area contributed by atoms with Crippen molar-refractivity contribution in [1.29, 1.82) is 0 Å². The van der Waals surface area contributed by atoms with Crippen molar-refractivity contribution in [1.82, 2.24) is 9.62 Å². The molecule has 2 rings (SSSR count). The standard InChI is InChI=1S/C22H29ClN2O4S/c1-4-25(5-2)30(27,28)21-15-19(23)13-14-20(21)29-16-22(26)24-17(3)11-12-18-9-7-6-8-10-18/h6-10,13-15,17H,4-5,11-12,16H2,1-3H3,(H,24,26)/t17-/m1/s1. The predicted molar refractivity (Wildman–Crippen MR) is 119 cm³/mol. The molecule has 1 N–H and O–H groups in total. The average Bonchev–Trinajstić information content (AvgIpc) is 2.72. The van der Waals surface area contributed by atoms with Crippen molar-refractivity contribution in [3.05, 3.63) is 59.1 Å². The van der Waals surface area contributed by atoms with Gasteiger partial charge in [0.1, 0.15) is 10.6 Å².